The molecule has 0 fully saturated rings. The number of aryl methyl sites for hydroxylation is 2. The summed E-state index contributed by atoms with van der Waals surface area (Å²) in [5.41, 5.74) is 3.69. The van der Waals surface area contributed by atoms with Crippen LogP contribution in [0, 0.1) is 0 Å². The summed E-state index contributed by atoms with van der Waals surface area (Å²) in [6.45, 7) is -0.0182. The molecule has 2 N–H and O–H groups in total. The maximum absolute atomic E-state index is 11.9. The number of carbonyl (C=O) groups is 2. The van der Waals surface area contributed by atoms with E-state index in [0.717, 1.165) is 18.4 Å². The quantitative estimate of drug-likeness (QED) is 0.829. The number of methoxy groups -OCH3 is 1. The average molecular weight is 291 g/mol. The first-order chi connectivity index (χ1) is 10.1. The summed E-state index contributed by atoms with van der Waals surface area (Å²) in [6, 6.07) is 6.18. The van der Waals surface area contributed by atoms with Crippen molar-refractivity contribution < 1.29 is 19.4 Å². The summed E-state index contributed by atoms with van der Waals surface area (Å²) in [6.07, 6.45) is 3.91. The zero-order valence-corrected chi connectivity index (χ0v) is 12.2. The van der Waals surface area contributed by atoms with Crippen LogP contribution in [0.1, 0.15) is 29.5 Å². The van der Waals surface area contributed by atoms with Crippen molar-refractivity contribution in [2.45, 2.75) is 38.2 Å². The highest BCUT2D eigenvalue weighted by Gasteiger charge is 2.17. The van der Waals surface area contributed by atoms with Crippen LogP contribution in [0.25, 0.3) is 0 Å². The number of benzene rings is 1. The Hall–Kier alpha value is -1.88. The van der Waals surface area contributed by atoms with Crippen molar-refractivity contribution in [1.82, 2.24) is 5.32 Å². The number of amides is 1. The molecule has 0 radical (unpaired) electrons. The monoisotopic (exact) mass is 291 g/mol. The molecule has 0 heterocycles. The first kappa shape index (κ1) is 15.5. The van der Waals surface area contributed by atoms with Gasteiger partial charge in [0, 0.05) is 7.11 Å². The van der Waals surface area contributed by atoms with Crippen molar-refractivity contribution in [2.75, 3.05) is 13.7 Å². The molecule has 1 unspecified atom stereocenters. The second kappa shape index (κ2) is 7.22. The molecule has 0 spiro atoms. The van der Waals surface area contributed by atoms with E-state index in [0.29, 0.717) is 0 Å². The minimum absolute atomic E-state index is 0.0182. The van der Waals surface area contributed by atoms with Crippen molar-refractivity contribution in [3.05, 3.63) is 34.9 Å². The fourth-order valence-electron chi connectivity index (χ4n) is 2.62. The molecule has 0 saturated heterocycles. The fraction of sp³-hybridized carbons (Fsp3) is 0.500. The fourth-order valence-corrected chi connectivity index (χ4v) is 2.62. The van der Waals surface area contributed by atoms with Crippen molar-refractivity contribution in [1.29, 1.82) is 0 Å². The predicted molar refractivity (Wildman–Crippen MR) is 78.2 cm³/mol. The molecule has 0 saturated carbocycles. The first-order valence-corrected chi connectivity index (χ1v) is 7.23. The highest BCUT2D eigenvalue weighted by atomic mass is 16.5. The van der Waals surface area contributed by atoms with Gasteiger partial charge >= 0.3 is 5.97 Å². The molecule has 0 aromatic heterocycles. The normalized spacial score (nSPS) is 15.1. The molecule has 1 aliphatic rings. The molecule has 1 amide bonds. The number of carboxylic acids is 1. The van der Waals surface area contributed by atoms with Gasteiger partial charge in [-0.25, -0.2) is 4.79 Å². The number of rotatable bonds is 6. The van der Waals surface area contributed by atoms with Gasteiger partial charge in [-0.3, -0.25) is 4.79 Å². The lowest BCUT2D eigenvalue weighted by Gasteiger charge is -2.16. The number of ether oxygens (including phenoxy) is 1. The Bertz CT molecular complexity index is 527. The summed E-state index contributed by atoms with van der Waals surface area (Å²) in [4.78, 5) is 22.6. The van der Waals surface area contributed by atoms with E-state index in [9.17, 15) is 9.59 Å². The molecule has 1 aliphatic carbocycles. The number of nitrogens with one attached hydrogen (secondary N) is 1. The van der Waals surface area contributed by atoms with E-state index in [1.807, 2.05) is 6.07 Å². The van der Waals surface area contributed by atoms with Crippen molar-refractivity contribution >= 4 is 11.9 Å². The van der Waals surface area contributed by atoms with Gasteiger partial charge in [-0.1, -0.05) is 18.2 Å². The van der Waals surface area contributed by atoms with Crippen LogP contribution < -0.4 is 5.32 Å². The topological polar surface area (TPSA) is 75.6 Å². The van der Waals surface area contributed by atoms with E-state index in [1.165, 1.54) is 31.1 Å². The number of hydrogen-bond donors (Lipinski definition) is 2. The van der Waals surface area contributed by atoms with Crippen LogP contribution in [0.2, 0.25) is 0 Å². The van der Waals surface area contributed by atoms with Crippen LogP contribution in [0.4, 0.5) is 0 Å². The molecule has 21 heavy (non-hydrogen) atoms. The maximum atomic E-state index is 11.9. The van der Waals surface area contributed by atoms with Gasteiger partial charge in [-0.05, 0) is 42.4 Å². The van der Waals surface area contributed by atoms with Crippen LogP contribution >= 0.6 is 0 Å². The number of fused-ring (bicyclic) bond motifs is 1. The highest BCUT2D eigenvalue weighted by molar-refractivity contribution is 5.80. The number of carbonyl (C=O) groups excluding carboxylic acids is 1. The Kier molecular flexibility index (Phi) is 5.33. The zero-order chi connectivity index (χ0) is 15.2. The summed E-state index contributed by atoms with van der Waals surface area (Å²) in [5.74, 6) is -1.26. The smallest absolute Gasteiger partial charge is 0.334 e. The molecule has 5 nitrogen and oxygen atoms in total. The van der Waals surface area contributed by atoms with Crippen molar-refractivity contribution in [3.8, 4) is 0 Å². The van der Waals surface area contributed by atoms with Gasteiger partial charge in [0.05, 0.1) is 13.0 Å². The number of hydrogen-bond acceptors (Lipinski definition) is 3. The van der Waals surface area contributed by atoms with E-state index >= 15 is 0 Å². The van der Waals surface area contributed by atoms with Crippen LogP contribution in [0.15, 0.2) is 18.2 Å². The van der Waals surface area contributed by atoms with Crippen LogP contribution in [-0.2, 0) is 33.6 Å². The molecular formula is C16H21NO4. The van der Waals surface area contributed by atoms with Gasteiger partial charge in [-0.2, -0.15) is 0 Å². The Balaban J connectivity index is 1.89. The van der Waals surface area contributed by atoms with Gasteiger partial charge in [0.1, 0.15) is 0 Å². The lowest BCUT2D eigenvalue weighted by Crippen LogP contribution is -2.38. The molecular weight excluding hydrogens is 270 g/mol. The third-order valence-corrected chi connectivity index (χ3v) is 3.82. The SMILES string of the molecule is COC(CNC(=O)Cc1ccc2c(c1)CCCC2)C(=O)O. The van der Waals surface area contributed by atoms with E-state index in [2.05, 4.69) is 17.4 Å². The van der Waals surface area contributed by atoms with Gasteiger partial charge in [0.15, 0.2) is 6.10 Å². The second-order valence-electron chi connectivity index (χ2n) is 5.35. The lowest BCUT2D eigenvalue weighted by molar-refractivity contribution is -0.148. The first-order valence-electron chi connectivity index (χ1n) is 7.23. The van der Waals surface area contributed by atoms with Crippen LogP contribution in [0.3, 0.4) is 0 Å². The maximum Gasteiger partial charge on any atom is 0.334 e. The Morgan fingerprint density at radius 3 is 2.67 bits per heavy atom. The zero-order valence-electron chi connectivity index (χ0n) is 12.2. The molecule has 0 aliphatic heterocycles. The molecule has 5 heteroatoms. The second-order valence-corrected chi connectivity index (χ2v) is 5.35. The van der Waals surface area contributed by atoms with E-state index in [-0.39, 0.29) is 18.9 Å². The molecule has 0 bridgehead atoms. The number of aliphatic carboxylic acids is 1. The minimum Gasteiger partial charge on any atom is -0.479 e. The Morgan fingerprint density at radius 1 is 1.29 bits per heavy atom. The lowest BCUT2D eigenvalue weighted by atomic mass is 9.90. The largest absolute Gasteiger partial charge is 0.479 e. The summed E-state index contributed by atoms with van der Waals surface area (Å²) < 4.78 is 4.77. The van der Waals surface area contributed by atoms with Gasteiger partial charge in [0.2, 0.25) is 5.91 Å². The summed E-state index contributed by atoms with van der Waals surface area (Å²) >= 11 is 0. The van der Waals surface area contributed by atoms with Crippen LogP contribution in [0.5, 0.6) is 0 Å². The third-order valence-electron chi connectivity index (χ3n) is 3.82. The minimum atomic E-state index is -1.08. The highest BCUT2D eigenvalue weighted by Crippen LogP contribution is 2.22. The molecule has 1 atom stereocenters. The van der Waals surface area contributed by atoms with E-state index in [1.54, 1.807) is 0 Å². The average Bonchev–Trinajstić information content (AvgIpc) is 2.47. The summed E-state index contributed by atoms with van der Waals surface area (Å²) in [5, 5.41) is 11.4. The molecule has 1 aromatic rings. The van der Waals surface area contributed by atoms with Gasteiger partial charge in [0.25, 0.3) is 0 Å². The van der Waals surface area contributed by atoms with Crippen molar-refractivity contribution in [2.24, 2.45) is 0 Å². The predicted octanol–water partition coefficient (Wildman–Crippen LogP) is 1.32. The summed E-state index contributed by atoms with van der Waals surface area (Å²) in [7, 11) is 1.31. The van der Waals surface area contributed by atoms with Gasteiger partial charge < -0.3 is 15.2 Å². The standard InChI is InChI=1S/C16H21NO4/c1-21-14(16(19)20)10-17-15(18)9-11-6-7-12-4-2-3-5-13(12)8-11/h6-8,14H,2-5,9-10H2,1H3,(H,17,18)(H,19,20). The third kappa shape index (κ3) is 4.29. The Morgan fingerprint density at radius 2 is 2.00 bits per heavy atom. The Labute approximate surface area is 124 Å². The van der Waals surface area contributed by atoms with E-state index in [4.69, 9.17) is 9.84 Å². The molecule has 2 rings (SSSR count). The molecule has 1 aromatic carbocycles. The number of carboxylic acid groups (broad SMARTS) is 1. The molecule has 114 valence electrons. The van der Waals surface area contributed by atoms with Crippen LogP contribution in [-0.4, -0.2) is 36.7 Å². The van der Waals surface area contributed by atoms with E-state index < -0.39 is 12.1 Å². The van der Waals surface area contributed by atoms with Crippen molar-refractivity contribution in [3.63, 3.8) is 0 Å². The van der Waals surface area contributed by atoms with Gasteiger partial charge in [-0.15, -0.1) is 0 Å².